The zero-order valence-electron chi connectivity index (χ0n) is 13.8. The fourth-order valence-electron chi connectivity index (χ4n) is 2.96. The standard InChI is InChI=1S/C19H20FN3O2/c20-17-7-9-18(10-8-17)22-14-12-21(13-15-22)11-3-5-16-4-1-2-6-19(16)23(24)25/h1-10H,11-15H2/b5-3+. The second-order valence-electron chi connectivity index (χ2n) is 5.98. The van der Waals surface area contributed by atoms with Crippen LogP contribution in [0.1, 0.15) is 5.56 Å². The van der Waals surface area contributed by atoms with Crippen molar-refractivity contribution >= 4 is 17.5 Å². The fraction of sp³-hybridized carbons (Fsp3) is 0.263. The maximum absolute atomic E-state index is 13.0. The molecule has 0 aromatic heterocycles. The molecule has 0 radical (unpaired) electrons. The van der Waals surface area contributed by atoms with Crippen LogP contribution in [0.2, 0.25) is 0 Å². The average Bonchev–Trinajstić information content (AvgIpc) is 2.63. The van der Waals surface area contributed by atoms with E-state index in [-0.39, 0.29) is 16.4 Å². The first kappa shape index (κ1) is 17.1. The molecule has 0 bridgehead atoms. The molecule has 1 fully saturated rings. The van der Waals surface area contributed by atoms with Crippen LogP contribution in [0.4, 0.5) is 15.8 Å². The second kappa shape index (κ2) is 7.90. The van der Waals surface area contributed by atoms with Crippen LogP contribution < -0.4 is 4.90 Å². The monoisotopic (exact) mass is 341 g/mol. The Balaban J connectivity index is 1.53. The topological polar surface area (TPSA) is 49.6 Å². The van der Waals surface area contributed by atoms with Gasteiger partial charge in [-0.2, -0.15) is 0 Å². The molecule has 1 saturated heterocycles. The van der Waals surface area contributed by atoms with Gasteiger partial charge in [-0.15, -0.1) is 0 Å². The Morgan fingerprint density at radius 1 is 1.04 bits per heavy atom. The molecule has 0 atom stereocenters. The van der Waals surface area contributed by atoms with Crippen LogP contribution in [0.3, 0.4) is 0 Å². The first-order chi connectivity index (χ1) is 12.1. The van der Waals surface area contributed by atoms with E-state index in [4.69, 9.17) is 0 Å². The van der Waals surface area contributed by atoms with Crippen molar-refractivity contribution in [3.05, 3.63) is 76.1 Å². The third-order valence-electron chi connectivity index (χ3n) is 4.36. The summed E-state index contributed by atoms with van der Waals surface area (Å²) in [7, 11) is 0. The molecule has 1 aliphatic heterocycles. The lowest BCUT2D eigenvalue weighted by atomic mass is 10.1. The van der Waals surface area contributed by atoms with Crippen molar-refractivity contribution in [3.63, 3.8) is 0 Å². The maximum Gasteiger partial charge on any atom is 0.276 e. The maximum atomic E-state index is 13.0. The molecule has 0 aliphatic carbocycles. The number of nitro benzene ring substituents is 1. The highest BCUT2D eigenvalue weighted by molar-refractivity contribution is 5.60. The smallest absolute Gasteiger partial charge is 0.276 e. The minimum atomic E-state index is -0.360. The Morgan fingerprint density at radius 2 is 1.72 bits per heavy atom. The molecule has 0 saturated carbocycles. The molecule has 0 N–H and O–H groups in total. The van der Waals surface area contributed by atoms with Crippen LogP contribution in [-0.4, -0.2) is 42.5 Å². The van der Waals surface area contributed by atoms with E-state index >= 15 is 0 Å². The van der Waals surface area contributed by atoms with Crippen LogP contribution in [0.5, 0.6) is 0 Å². The molecule has 0 unspecified atom stereocenters. The molecular weight excluding hydrogens is 321 g/mol. The van der Waals surface area contributed by atoms with Crippen molar-refractivity contribution in [1.82, 2.24) is 4.90 Å². The zero-order valence-corrected chi connectivity index (χ0v) is 13.8. The van der Waals surface area contributed by atoms with E-state index in [0.717, 1.165) is 38.4 Å². The highest BCUT2D eigenvalue weighted by atomic mass is 19.1. The van der Waals surface area contributed by atoms with Crippen molar-refractivity contribution in [3.8, 4) is 0 Å². The molecule has 25 heavy (non-hydrogen) atoms. The summed E-state index contributed by atoms with van der Waals surface area (Å²) in [6, 6.07) is 13.3. The van der Waals surface area contributed by atoms with Crippen LogP contribution in [0.15, 0.2) is 54.6 Å². The summed E-state index contributed by atoms with van der Waals surface area (Å²) >= 11 is 0. The largest absolute Gasteiger partial charge is 0.369 e. The van der Waals surface area contributed by atoms with Gasteiger partial charge < -0.3 is 4.90 Å². The predicted molar refractivity (Wildman–Crippen MR) is 97.2 cm³/mol. The molecule has 0 amide bonds. The second-order valence-corrected chi connectivity index (χ2v) is 5.98. The van der Waals surface area contributed by atoms with Gasteiger partial charge in [-0.25, -0.2) is 4.39 Å². The SMILES string of the molecule is O=[N+]([O-])c1ccccc1/C=C/CN1CCN(c2ccc(F)cc2)CC1. The summed E-state index contributed by atoms with van der Waals surface area (Å²) in [6.07, 6.45) is 3.78. The Morgan fingerprint density at radius 3 is 2.40 bits per heavy atom. The molecule has 6 heteroatoms. The Labute approximate surface area is 146 Å². The van der Waals surface area contributed by atoms with Gasteiger partial charge in [0.15, 0.2) is 0 Å². The van der Waals surface area contributed by atoms with E-state index in [2.05, 4.69) is 9.80 Å². The number of para-hydroxylation sites is 1. The number of halogens is 1. The third kappa shape index (κ3) is 4.42. The van der Waals surface area contributed by atoms with Crippen LogP contribution in [0, 0.1) is 15.9 Å². The first-order valence-corrected chi connectivity index (χ1v) is 8.26. The zero-order chi connectivity index (χ0) is 17.6. The van der Waals surface area contributed by atoms with Crippen LogP contribution >= 0.6 is 0 Å². The molecule has 5 nitrogen and oxygen atoms in total. The Bertz CT molecular complexity index is 754. The van der Waals surface area contributed by atoms with Gasteiger partial charge in [0.25, 0.3) is 5.69 Å². The third-order valence-corrected chi connectivity index (χ3v) is 4.36. The van der Waals surface area contributed by atoms with Crippen molar-refractivity contribution < 1.29 is 9.31 Å². The van der Waals surface area contributed by atoms with E-state index in [1.54, 1.807) is 30.3 Å². The summed E-state index contributed by atoms with van der Waals surface area (Å²) in [5.41, 5.74) is 1.79. The number of hydrogen-bond donors (Lipinski definition) is 0. The molecule has 1 aliphatic rings. The van der Waals surface area contributed by atoms with Gasteiger partial charge in [-0.3, -0.25) is 15.0 Å². The highest BCUT2D eigenvalue weighted by Crippen LogP contribution is 2.19. The quantitative estimate of drug-likeness (QED) is 0.616. The summed E-state index contributed by atoms with van der Waals surface area (Å²) in [6.45, 7) is 4.32. The van der Waals surface area contributed by atoms with Crippen LogP contribution in [-0.2, 0) is 0 Å². The Kier molecular flexibility index (Phi) is 5.40. The van der Waals surface area contributed by atoms with E-state index in [9.17, 15) is 14.5 Å². The van der Waals surface area contributed by atoms with E-state index in [1.807, 2.05) is 12.2 Å². The first-order valence-electron chi connectivity index (χ1n) is 8.26. The van der Waals surface area contributed by atoms with Crippen molar-refractivity contribution in [1.29, 1.82) is 0 Å². The van der Waals surface area contributed by atoms with Gasteiger partial charge in [-0.1, -0.05) is 24.3 Å². The Hall–Kier alpha value is -2.73. The number of nitrogens with zero attached hydrogens (tertiary/aromatic N) is 3. The molecule has 0 spiro atoms. The van der Waals surface area contributed by atoms with Crippen molar-refractivity contribution in [2.75, 3.05) is 37.6 Å². The molecule has 2 aromatic carbocycles. The molecule has 3 rings (SSSR count). The highest BCUT2D eigenvalue weighted by Gasteiger charge is 2.16. The molecule has 130 valence electrons. The van der Waals surface area contributed by atoms with E-state index < -0.39 is 0 Å². The molecule has 2 aromatic rings. The van der Waals surface area contributed by atoms with Gasteiger partial charge in [0.05, 0.1) is 10.5 Å². The fourth-order valence-corrected chi connectivity index (χ4v) is 2.96. The minimum absolute atomic E-state index is 0.125. The number of nitro groups is 1. The minimum Gasteiger partial charge on any atom is -0.369 e. The number of rotatable bonds is 5. The average molecular weight is 341 g/mol. The summed E-state index contributed by atoms with van der Waals surface area (Å²) in [5.74, 6) is -0.220. The van der Waals surface area contributed by atoms with Crippen molar-refractivity contribution in [2.24, 2.45) is 0 Å². The van der Waals surface area contributed by atoms with Gasteiger partial charge >= 0.3 is 0 Å². The van der Waals surface area contributed by atoms with Gasteiger partial charge in [0, 0.05) is 44.5 Å². The van der Waals surface area contributed by atoms with E-state index in [0.29, 0.717) is 5.56 Å². The van der Waals surface area contributed by atoms with Crippen molar-refractivity contribution in [2.45, 2.75) is 0 Å². The van der Waals surface area contributed by atoms with Gasteiger partial charge in [-0.05, 0) is 30.3 Å². The van der Waals surface area contributed by atoms with Crippen LogP contribution in [0.25, 0.3) is 6.08 Å². The van der Waals surface area contributed by atoms with Gasteiger partial charge in [0.1, 0.15) is 5.82 Å². The normalized spacial score (nSPS) is 15.6. The predicted octanol–water partition coefficient (Wildman–Crippen LogP) is 3.57. The van der Waals surface area contributed by atoms with E-state index in [1.165, 1.54) is 18.2 Å². The molecule has 1 heterocycles. The number of benzene rings is 2. The number of hydrogen-bond acceptors (Lipinski definition) is 4. The number of anilines is 1. The lowest BCUT2D eigenvalue weighted by molar-refractivity contribution is -0.385. The summed E-state index contributed by atoms with van der Waals surface area (Å²) in [5, 5.41) is 11.0. The summed E-state index contributed by atoms with van der Waals surface area (Å²) < 4.78 is 13.0. The number of piperazine rings is 1. The van der Waals surface area contributed by atoms with Gasteiger partial charge in [0.2, 0.25) is 0 Å². The lowest BCUT2D eigenvalue weighted by Gasteiger charge is -2.35. The molecular formula is C19H20FN3O2. The lowest BCUT2D eigenvalue weighted by Crippen LogP contribution is -2.46. The summed E-state index contributed by atoms with van der Waals surface area (Å²) in [4.78, 5) is 15.2.